The number of rotatable bonds is 27. The molecule has 0 rings (SSSR count). The minimum atomic E-state index is -4.85. The Bertz CT molecular complexity index is 975. The number of ether oxygens (including phenoxy) is 4. The molecule has 0 radical (unpaired) electrons. The topological polar surface area (TPSA) is 237 Å². The van der Waals surface area contributed by atoms with E-state index in [4.69, 9.17) is 18.7 Å². The summed E-state index contributed by atoms with van der Waals surface area (Å²) < 4.78 is 62.8. The quantitative estimate of drug-likeness (QED) is 0.0484. The van der Waals surface area contributed by atoms with Crippen molar-refractivity contribution in [2.75, 3.05) is 39.6 Å². The Hall–Kier alpha value is -1.94. The highest BCUT2D eigenvalue weighted by Crippen LogP contribution is 2.45. The van der Waals surface area contributed by atoms with Gasteiger partial charge in [-0.05, 0) is 6.42 Å². The van der Waals surface area contributed by atoms with Crippen LogP contribution in [0.3, 0.4) is 0 Å². The van der Waals surface area contributed by atoms with Gasteiger partial charge in [-0.3, -0.25) is 37.3 Å². The normalized spacial score (nSPS) is 16.0. The Morgan fingerprint density at radius 1 is 0.600 bits per heavy atom. The van der Waals surface area contributed by atoms with Crippen LogP contribution in [0.5, 0.6) is 0 Å². The molecule has 19 heteroatoms. The van der Waals surface area contributed by atoms with Gasteiger partial charge in [0.1, 0.15) is 19.3 Å². The molecule has 5 atom stereocenters. The third-order valence-electron chi connectivity index (χ3n) is 5.51. The first-order valence-corrected chi connectivity index (χ1v) is 17.7. The largest absolute Gasteiger partial charge is 0.472 e. The van der Waals surface area contributed by atoms with E-state index in [0.717, 1.165) is 46.0 Å². The van der Waals surface area contributed by atoms with Crippen molar-refractivity contribution in [3.63, 3.8) is 0 Å². The zero-order valence-corrected chi connectivity index (χ0v) is 28.1. The molecule has 0 aliphatic carbocycles. The molecule has 0 saturated carbocycles. The first-order chi connectivity index (χ1) is 21.1. The van der Waals surface area contributed by atoms with E-state index >= 15 is 0 Å². The molecule has 0 saturated heterocycles. The van der Waals surface area contributed by atoms with E-state index in [9.17, 15) is 43.2 Å². The number of hydrogen-bond donors (Lipinski definition) is 3. The highest BCUT2D eigenvalue weighted by atomic mass is 31.2. The van der Waals surface area contributed by atoms with Gasteiger partial charge in [0.25, 0.3) is 0 Å². The average molecular weight is 695 g/mol. The van der Waals surface area contributed by atoms with Crippen molar-refractivity contribution in [3.05, 3.63) is 0 Å². The van der Waals surface area contributed by atoms with Crippen LogP contribution < -0.4 is 0 Å². The van der Waals surface area contributed by atoms with Crippen LogP contribution in [0.1, 0.15) is 85.5 Å². The van der Waals surface area contributed by atoms with Gasteiger partial charge in [0.2, 0.25) is 0 Å². The Kier molecular flexibility index (Phi) is 23.2. The van der Waals surface area contributed by atoms with Gasteiger partial charge in [0, 0.05) is 26.7 Å². The van der Waals surface area contributed by atoms with Gasteiger partial charge in [-0.1, -0.05) is 52.4 Å². The first-order valence-electron chi connectivity index (χ1n) is 14.7. The van der Waals surface area contributed by atoms with Crippen LogP contribution in [0, 0.1) is 0 Å². The van der Waals surface area contributed by atoms with Gasteiger partial charge < -0.3 is 33.8 Å². The van der Waals surface area contributed by atoms with Gasteiger partial charge in [0.15, 0.2) is 12.2 Å². The van der Waals surface area contributed by atoms with Gasteiger partial charge in [-0.15, -0.1) is 0 Å². The lowest BCUT2D eigenvalue weighted by Crippen LogP contribution is -2.29. The zero-order valence-electron chi connectivity index (χ0n) is 26.3. The third kappa shape index (κ3) is 25.9. The summed E-state index contributed by atoms with van der Waals surface area (Å²) in [5.41, 5.74) is 0. The van der Waals surface area contributed by atoms with E-state index in [-0.39, 0.29) is 12.8 Å². The number of hydrogen-bond acceptors (Lipinski definition) is 15. The highest BCUT2D eigenvalue weighted by molar-refractivity contribution is 7.47. The summed E-state index contributed by atoms with van der Waals surface area (Å²) in [6.45, 7) is 1.72. The molecule has 2 unspecified atom stereocenters. The molecule has 0 amide bonds. The maximum Gasteiger partial charge on any atom is 0.472 e. The fourth-order valence-electron chi connectivity index (χ4n) is 3.27. The molecule has 0 spiro atoms. The SMILES string of the molecule is CCCCCCCCCC(=O)OC[C@H](COP(=O)(O)OC[C@H](O)COP(=O)(O)OC[C@@H](COC(C)=O)OC(C)=O)OC(=O)CC. The number of aliphatic hydroxyl groups excluding tert-OH is 1. The van der Waals surface area contributed by atoms with E-state index in [1.54, 1.807) is 0 Å². The van der Waals surface area contributed by atoms with Crippen LogP contribution in [0.15, 0.2) is 0 Å². The van der Waals surface area contributed by atoms with Gasteiger partial charge in [0.05, 0.1) is 26.4 Å². The van der Waals surface area contributed by atoms with Crippen molar-refractivity contribution in [3.8, 4) is 0 Å². The lowest BCUT2D eigenvalue weighted by molar-refractivity contribution is -0.161. The fourth-order valence-corrected chi connectivity index (χ4v) is 4.85. The van der Waals surface area contributed by atoms with Crippen LogP contribution in [0.2, 0.25) is 0 Å². The number of carbonyl (C=O) groups is 4. The molecular formula is C26H48O17P2. The Morgan fingerprint density at radius 2 is 1.07 bits per heavy atom. The van der Waals surface area contributed by atoms with Crippen LogP contribution in [-0.4, -0.2) is 96.7 Å². The summed E-state index contributed by atoms with van der Waals surface area (Å²) in [5, 5.41) is 9.95. The maximum atomic E-state index is 12.3. The van der Waals surface area contributed by atoms with Crippen LogP contribution in [-0.2, 0) is 65.4 Å². The standard InChI is InChI=1S/C26H48O17P2/c1-5-7-8-9-10-11-12-13-26(31)37-17-24(43-25(30)6-2)19-41-45(34,35)39-15-22(29)14-38-44(32,33)40-18-23(42-21(4)28)16-36-20(3)27/h22-24,29H,5-19H2,1-4H3,(H,32,33)(H,34,35)/t22-,23-,24-/m1/s1. The van der Waals surface area contributed by atoms with Crippen LogP contribution in [0.25, 0.3) is 0 Å². The summed E-state index contributed by atoms with van der Waals surface area (Å²) in [6, 6.07) is 0. The molecule has 0 fully saturated rings. The van der Waals surface area contributed by atoms with E-state index in [2.05, 4.69) is 25.2 Å². The molecule has 0 bridgehead atoms. The number of unbranched alkanes of at least 4 members (excludes halogenated alkanes) is 6. The number of carbonyl (C=O) groups excluding carboxylic acids is 4. The number of esters is 4. The van der Waals surface area contributed by atoms with E-state index < -0.39 is 97.5 Å². The maximum absolute atomic E-state index is 12.3. The minimum Gasteiger partial charge on any atom is -0.462 e. The van der Waals surface area contributed by atoms with Gasteiger partial charge in [-0.25, -0.2) is 9.13 Å². The molecule has 0 aliphatic rings. The smallest absolute Gasteiger partial charge is 0.462 e. The Morgan fingerprint density at radius 3 is 1.56 bits per heavy atom. The predicted octanol–water partition coefficient (Wildman–Crippen LogP) is 3.12. The second-order valence-electron chi connectivity index (χ2n) is 9.83. The molecule has 0 heterocycles. The first kappa shape index (κ1) is 43.1. The molecule has 0 aliphatic heterocycles. The summed E-state index contributed by atoms with van der Waals surface area (Å²) in [4.78, 5) is 65.6. The van der Waals surface area contributed by atoms with Crippen LogP contribution >= 0.6 is 15.6 Å². The predicted molar refractivity (Wildman–Crippen MR) is 155 cm³/mol. The molecule has 0 aromatic carbocycles. The lowest BCUT2D eigenvalue weighted by atomic mass is 10.1. The monoisotopic (exact) mass is 694 g/mol. The summed E-state index contributed by atoms with van der Waals surface area (Å²) in [7, 11) is -9.68. The molecular weight excluding hydrogens is 646 g/mol. The number of phosphoric ester groups is 2. The Labute approximate surface area is 263 Å². The van der Waals surface area contributed by atoms with Crippen molar-refractivity contribution >= 4 is 39.5 Å². The molecule has 0 aromatic heterocycles. The summed E-state index contributed by atoms with van der Waals surface area (Å²) in [6.07, 6.45) is 3.06. The Balaban J connectivity index is 4.64. The molecule has 264 valence electrons. The lowest BCUT2D eigenvalue weighted by Gasteiger charge is -2.21. The van der Waals surface area contributed by atoms with Crippen molar-refractivity contribution < 1.29 is 80.2 Å². The third-order valence-corrected chi connectivity index (χ3v) is 7.42. The van der Waals surface area contributed by atoms with Gasteiger partial charge >= 0.3 is 39.5 Å². The van der Waals surface area contributed by atoms with Crippen LogP contribution in [0.4, 0.5) is 0 Å². The van der Waals surface area contributed by atoms with Crippen molar-refractivity contribution in [1.82, 2.24) is 0 Å². The van der Waals surface area contributed by atoms with Crippen molar-refractivity contribution in [1.29, 1.82) is 0 Å². The molecule has 45 heavy (non-hydrogen) atoms. The minimum absolute atomic E-state index is 0.0169. The summed E-state index contributed by atoms with van der Waals surface area (Å²) in [5.74, 6) is -2.67. The highest BCUT2D eigenvalue weighted by Gasteiger charge is 2.29. The van der Waals surface area contributed by atoms with Crippen molar-refractivity contribution in [2.45, 2.75) is 104 Å². The second-order valence-corrected chi connectivity index (χ2v) is 12.7. The van der Waals surface area contributed by atoms with Crippen molar-refractivity contribution in [2.24, 2.45) is 0 Å². The van der Waals surface area contributed by atoms with Gasteiger partial charge in [-0.2, -0.15) is 0 Å². The zero-order chi connectivity index (χ0) is 34.3. The number of phosphoric acid groups is 2. The molecule has 17 nitrogen and oxygen atoms in total. The summed E-state index contributed by atoms with van der Waals surface area (Å²) >= 11 is 0. The molecule has 3 N–H and O–H groups in total. The average Bonchev–Trinajstić information content (AvgIpc) is 2.97. The fraction of sp³-hybridized carbons (Fsp3) is 0.846. The van der Waals surface area contributed by atoms with E-state index in [0.29, 0.717) is 6.42 Å². The van der Waals surface area contributed by atoms with E-state index in [1.165, 1.54) is 13.3 Å². The number of aliphatic hydroxyl groups is 1. The molecule has 0 aromatic rings. The van der Waals surface area contributed by atoms with E-state index in [1.807, 2.05) is 0 Å². The second kappa shape index (κ2) is 24.3.